The number of halogens is 3. The highest BCUT2D eigenvalue weighted by molar-refractivity contribution is 8.24. The molecule has 0 unspecified atom stereocenters. The van der Waals surface area contributed by atoms with Crippen LogP contribution in [0.1, 0.15) is 16.7 Å². The molecule has 0 bridgehead atoms. The van der Waals surface area contributed by atoms with E-state index in [0.29, 0.717) is 11.6 Å². The predicted molar refractivity (Wildman–Crippen MR) is 112 cm³/mol. The third-order valence-electron chi connectivity index (χ3n) is 4.29. The van der Waals surface area contributed by atoms with E-state index in [1.807, 2.05) is 36.7 Å². The van der Waals surface area contributed by atoms with Gasteiger partial charge in [0.25, 0.3) is 0 Å². The number of fused-ring (bicyclic) bond motifs is 1. The van der Waals surface area contributed by atoms with Crippen molar-refractivity contribution < 1.29 is 18.0 Å². The van der Waals surface area contributed by atoms with Gasteiger partial charge in [-0.2, -0.15) is 23.3 Å². The molecule has 0 fully saturated rings. The molecule has 1 aromatic heterocycles. The monoisotopic (exact) mass is 433 g/mol. The zero-order valence-electron chi connectivity index (χ0n) is 15.1. The molecule has 2 heterocycles. The molecular formula is C20H14F3N3OS2. The average molecular weight is 433 g/mol. The molecule has 0 saturated heterocycles. The molecule has 4 rings (SSSR count). The van der Waals surface area contributed by atoms with E-state index in [0.717, 1.165) is 50.8 Å². The molecule has 1 aliphatic rings. The first-order chi connectivity index (χ1) is 13.8. The van der Waals surface area contributed by atoms with Crippen molar-refractivity contribution in [3.8, 4) is 0 Å². The molecule has 0 saturated carbocycles. The molecule has 1 amide bonds. The average Bonchev–Trinajstić information content (AvgIpc) is 3.23. The van der Waals surface area contributed by atoms with Gasteiger partial charge < -0.3 is 0 Å². The van der Waals surface area contributed by atoms with E-state index in [-0.39, 0.29) is 5.24 Å². The summed E-state index contributed by atoms with van der Waals surface area (Å²) in [4.78, 5) is 16.3. The second-order valence-electron chi connectivity index (χ2n) is 6.34. The van der Waals surface area contributed by atoms with Crippen LogP contribution in [0, 0.1) is 0 Å². The predicted octanol–water partition coefficient (Wildman–Crippen LogP) is 6.07. The summed E-state index contributed by atoms with van der Waals surface area (Å²) >= 11 is 2.53. The third-order valence-corrected chi connectivity index (χ3v) is 5.92. The van der Waals surface area contributed by atoms with Crippen LogP contribution in [0.15, 0.2) is 58.6 Å². The standard InChI is InChI=1S/C20H14F3N3OS2/c1-28-18-17(29-19(27)24-18)9-13-4-7-16-14(8-13)11-26(25-16)10-12-2-5-15(6-3-12)20(21,22)23/h2-9,11H,10H2,1H3/b17-9-. The maximum atomic E-state index is 12.7. The smallest absolute Gasteiger partial charge is 0.267 e. The van der Waals surface area contributed by atoms with Crippen LogP contribution in [-0.4, -0.2) is 26.3 Å². The van der Waals surface area contributed by atoms with Gasteiger partial charge in [0.05, 0.1) is 22.5 Å². The number of carbonyl (C=O) groups is 1. The number of hydrogen-bond acceptors (Lipinski definition) is 4. The summed E-state index contributed by atoms with van der Waals surface area (Å²) in [5.74, 6) is 0. The van der Waals surface area contributed by atoms with Gasteiger partial charge in [-0.15, -0.1) is 11.8 Å². The maximum Gasteiger partial charge on any atom is 0.416 e. The first-order valence-corrected chi connectivity index (χ1v) is 10.6. The first kappa shape index (κ1) is 19.8. The summed E-state index contributed by atoms with van der Waals surface area (Å²) in [5, 5.41) is 5.88. The number of benzene rings is 2. The Labute approximate surface area is 172 Å². The number of carbonyl (C=O) groups excluding carboxylic acids is 1. The van der Waals surface area contributed by atoms with E-state index in [2.05, 4.69) is 10.1 Å². The molecule has 2 aromatic carbocycles. The van der Waals surface area contributed by atoms with Gasteiger partial charge in [0.1, 0.15) is 5.04 Å². The Morgan fingerprint density at radius 1 is 1.17 bits per heavy atom. The van der Waals surface area contributed by atoms with E-state index in [1.165, 1.54) is 23.9 Å². The lowest BCUT2D eigenvalue weighted by molar-refractivity contribution is -0.137. The number of amides is 1. The van der Waals surface area contributed by atoms with Gasteiger partial charge in [-0.3, -0.25) is 9.48 Å². The van der Waals surface area contributed by atoms with Crippen LogP contribution in [0.5, 0.6) is 0 Å². The zero-order valence-corrected chi connectivity index (χ0v) is 16.7. The van der Waals surface area contributed by atoms with Crippen LogP contribution < -0.4 is 0 Å². The van der Waals surface area contributed by atoms with Gasteiger partial charge in [-0.25, -0.2) is 0 Å². The second kappa shape index (κ2) is 7.72. The highest BCUT2D eigenvalue weighted by Gasteiger charge is 2.29. The minimum atomic E-state index is -4.34. The van der Waals surface area contributed by atoms with E-state index in [9.17, 15) is 18.0 Å². The second-order valence-corrected chi connectivity index (χ2v) is 8.13. The van der Waals surface area contributed by atoms with Gasteiger partial charge in [-0.1, -0.05) is 18.2 Å². The molecule has 29 heavy (non-hydrogen) atoms. The topological polar surface area (TPSA) is 47.2 Å². The van der Waals surface area contributed by atoms with Crippen molar-refractivity contribution in [3.63, 3.8) is 0 Å². The van der Waals surface area contributed by atoms with Crippen LogP contribution in [0.3, 0.4) is 0 Å². The van der Waals surface area contributed by atoms with Crippen molar-refractivity contribution in [1.82, 2.24) is 9.78 Å². The van der Waals surface area contributed by atoms with Crippen molar-refractivity contribution >= 4 is 50.8 Å². The van der Waals surface area contributed by atoms with Crippen molar-refractivity contribution in [2.45, 2.75) is 12.7 Å². The molecule has 0 N–H and O–H groups in total. The molecule has 0 radical (unpaired) electrons. The lowest BCUT2D eigenvalue weighted by Gasteiger charge is -2.07. The fourth-order valence-electron chi connectivity index (χ4n) is 2.94. The van der Waals surface area contributed by atoms with Gasteiger partial charge in [0, 0.05) is 11.6 Å². The van der Waals surface area contributed by atoms with Crippen LogP contribution in [-0.2, 0) is 12.7 Å². The van der Waals surface area contributed by atoms with Crippen LogP contribution >= 0.6 is 23.5 Å². The van der Waals surface area contributed by atoms with Gasteiger partial charge >= 0.3 is 11.4 Å². The fourth-order valence-corrected chi connectivity index (χ4v) is 4.46. The highest BCUT2D eigenvalue weighted by atomic mass is 32.2. The zero-order chi connectivity index (χ0) is 20.6. The molecule has 1 aliphatic heterocycles. The quantitative estimate of drug-likeness (QED) is 0.503. The van der Waals surface area contributed by atoms with E-state index >= 15 is 0 Å². The molecule has 0 spiro atoms. The number of rotatable bonds is 3. The summed E-state index contributed by atoms with van der Waals surface area (Å²) in [5.41, 5.74) is 1.77. The first-order valence-electron chi connectivity index (χ1n) is 8.52. The number of aliphatic imine (C=N–C) groups is 1. The third kappa shape index (κ3) is 4.40. The normalized spacial score (nSPS) is 16.1. The fraction of sp³-hybridized carbons (Fsp3) is 0.150. The van der Waals surface area contributed by atoms with Crippen LogP contribution in [0.25, 0.3) is 17.0 Å². The van der Waals surface area contributed by atoms with Gasteiger partial charge in [0.2, 0.25) is 0 Å². The maximum absolute atomic E-state index is 12.7. The Balaban J connectivity index is 1.56. The minimum absolute atomic E-state index is 0.217. The summed E-state index contributed by atoms with van der Waals surface area (Å²) in [6.07, 6.45) is 1.30. The molecule has 9 heteroatoms. The van der Waals surface area contributed by atoms with Crippen molar-refractivity contribution in [3.05, 3.63) is 70.3 Å². The van der Waals surface area contributed by atoms with Gasteiger partial charge in [-0.05, 0) is 59.5 Å². The Morgan fingerprint density at radius 3 is 2.62 bits per heavy atom. The number of alkyl halides is 3. The Kier molecular flexibility index (Phi) is 5.26. The van der Waals surface area contributed by atoms with Gasteiger partial charge in [0.15, 0.2) is 0 Å². The Bertz CT molecular complexity index is 1150. The Morgan fingerprint density at radius 2 is 1.93 bits per heavy atom. The highest BCUT2D eigenvalue weighted by Crippen LogP contribution is 2.33. The largest absolute Gasteiger partial charge is 0.416 e. The van der Waals surface area contributed by atoms with E-state index in [1.54, 1.807) is 4.68 Å². The Hall–Kier alpha value is -2.52. The van der Waals surface area contributed by atoms with Crippen molar-refractivity contribution in [2.24, 2.45) is 4.99 Å². The molecule has 148 valence electrons. The molecular weight excluding hydrogens is 419 g/mol. The molecule has 4 nitrogen and oxygen atoms in total. The summed E-state index contributed by atoms with van der Waals surface area (Å²) in [6, 6.07) is 10.8. The minimum Gasteiger partial charge on any atom is -0.267 e. The lowest BCUT2D eigenvalue weighted by Crippen LogP contribution is -2.05. The van der Waals surface area contributed by atoms with Crippen molar-refractivity contribution in [2.75, 3.05) is 6.26 Å². The number of thioether (sulfide) groups is 2. The molecule has 3 aromatic rings. The molecule has 0 atom stereocenters. The van der Waals surface area contributed by atoms with Crippen molar-refractivity contribution in [1.29, 1.82) is 0 Å². The van der Waals surface area contributed by atoms with Crippen LogP contribution in [0.4, 0.5) is 18.0 Å². The number of nitrogens with zero attached hydrogens (tertiary/aromatic N) is 3. The van der Waals surface area contributed by atoms with E-state index < -0.39 is 11.7 Å². The molecule has 0 aliphatic carbocycles. The summed E-state index contributed by atoms with van der Waals surface area (Å²) in [6.45, 7) is 0.372. The van der Waals surface area contributed by atoms with Crippen LogP contribution in [0.2, 0.25) is 0 Å². The number of aromatic nitrogens is 2. The van der Waals surface area contributed by atoms with E-state index in [4.69, 9.17) is 0 Å². The summed E-state index contributed by atoms with van der Waals surface area (Å²) in [7, 11) is 0. The number of hydrogen-bond donors (Lipinski definition) is 0. The lowest BCUT2D eigenvalue weighted by atomic mass is 10.1. The SMILES string of the molecule is CSC1=NC(=O)S/C1=C\c1ccc2nn(Cc3ccc(C(F)(F)F)cc3)cc2c1. The summed E-state index contributed by atoms with van der Waals surface area (Å²) < 4.78 is 39.8.